The summed E-state index contributed by atoms with van der Waals surface area (Å²) in [5, 5.41) is 9.03. The highest BCUT2D eigenvalue weighted by Gasteiger charge is 2.00. The molecular weight excluding hydrogens is 503 g/mol. The molecule has 0 radical (unpaired) electrons. The van der Waals surface area contributed by atoms with Gasteiger partial charge < -0.3 is 19.9 Å². The third-order valence-corrected chi connectivity index (χ3v) is 4.84. The first-order valence-corrected chi connectivity index (χ1v) is 10.5. The maximum absolute atomic E-state index is 11.7. The zero-order chi connectivity index (χ0) is 21.0. The van der Waals surface area contributed by atoms with Gasteiger partial charge in [0.2, 0.25) is 5.56 Å². The van der Waals surface area contributed by atoms with Gasteiger partial charge in [0, 0.05) is 38.9 Å². The van der Waals surface area contributed by atoms with Crippen molar-refractivity contribution in [2.75, 3.05) is 26.7 Å². The zero-order valence-electron chi connectivity index (χ0n) is 17.9. The summed E-state index contributed by atoms with van der Waals surface area (Å²) in [6.45, 7) is 2.98. The van der Waals surface area contributed by atoms with E-state index in [0.717, 1.165) is 50.6 Å². The van der Waals surface area contributed by atoms with Crippen LogP contribution in [0.5, 0.6) is 5.75 Å². The number of nitrogens with zero attached hydrogens (tertiary/aromatic N) is 2. The van der Waals surface area contributed by atoms with Crippen molar-refractivity contribution in [1.29, 1.82) is 0 Å². The molecule has 7 heteroatoms. The van der Waals surface area contributed by atoms with Crippen molar-refractivity contribution >= 4 is 40.7 Å². The van der Waals surface area contributed by atoms with Crippen molar-refractivity contribution in [1.82, 2.24) is 15.2 Å². The second-order valence-electron chi connectivity index (χ2n) is 7.08. The SMILES string of the molecule is CN=C(NCCCCn1ccccc1=O)NCCCOc1ccc2ccccc2c1.I. The summed E-state index contributed by atoms with van der Waals surface area (Å²) in [5.41, 5.74) is 0.0499. The van der Waals surface area contributed by atoms with Gasteiger partial charge in [0.15, 0.2) is 5.96 Å². The number of ether oxygens (including phenoxy) is 1. The number of hydrogen-bond acceptors (Lipinski definition) is 3. The van der Waals surface area contributed by atoms with Crippen LogP contribution in [0.1, 0.15) is 19.3 Å². The molecule has 3 rings (SSSR count). The van der Waals surface area contributed by atoms with Gasteiger partial charge in [-0.1, -0.05) is 36.4 Å². The van der Waals surface area contributed by atoms with E-state index in [-0.39, 0.29) is 29.5 Å². The van der Waals surface area contributed by atoms with Crippen molar-refractivity contribution < 1.29 is 4.74 Å². The van der Waals surface area contributed by atoms with Crippen LogP contribution in [0, 0.1) is 0 Å². The molecule has 1 heterocycles. The largest absolute Gasteiger partial charge is 0.494 e. The normalized spacial score (nSPS) is 11.1. The van der Waals surface area contributed by atoms with Crippen LogP contribution < -0.4 is 20.9 Å². The van der Waals surface area contributed by atoms with Crippen LogP contribution in [0.25, 0.3) is 10.8 Å². The number of guanidine groups is 1. The Morgan fingerprint density at radius 3 is 2.45 bits per heavy atom. The van der Waals surface area contributed by atoms with E-state index in [4.69, 9.17) is 4.74 Å². The van der Waals surface area contributed by atoms with Gasteiger partial charge in [-0.05, 0) is 48.2 Å². The molecule has 166 valence electrons. The van der Waals surface area contributed by atoms with Crippen molar-refractivity contribution in [3.63, 3.8) is 0 Å². The van der Waals surface area contributed by atoms with E-state index in [0.29, 0.717) is 6.61 Å². The third kappa shape index (κ3) is 8.24. The molecule has 0 spiro atoms. The monoisotopic (exact) mass is 534 g/mol. The van der Waals surface area contributed by atoms with Crippen LogP contribution in [-0.2, 0) is 6.54 Å². The van der Waals surface area contributed by atoms with Crippen molar-refractivity contribution in [2.45, 2.75) is 25.8 Å². The van der Waals surface area contributed by atoms with Crippen LogP contribution in [0.4, 0.5) is 0 Å². The fraction of sp³-hybridized carbons (Fsp3) is 0.333. The molecule has 0 saturated carbocycles. The molecule has 0 saturated heterocycles. The molecule has 0 bridgehead atoms. The topological polar surface area (TPSA) is 67.7 Å². The van der Waals surface area contributed by atoms with Gasteiger partial charge in [0.1, 0.15) is 5.75 Å². The number of hydrogen-bond donors (Lipinski definition) is 2. The van der Waals surface area contributed by atoms with Crippen LogP contribution in [0.15, 0.2) is 76.6 Å². The summed E-state index contributed by atoms with van der Waals surface area (Å²) in [6.07, 6.45) is 4.61. The van der Waals surface area contributed by atoms with E-state index in [1.165, 1.54) is 10.8 Å². The molecule has 31 heavy (non-hydrogen) atoms. The maximum Gasteiger partial charge on any atom is 0.250 e. The highest BCUT2D eigenvalue weighted by Crippen LogP contribution is 2.20. The minimum absolute atomic E-state index is 0. The summed E-state index contributed by atoms with van der Waals surface area (Å²) in [5.74, 6) is 1.69. The molecule has 0 unspecified atom stereocenters. The standard InChI is InChI=1S/C24H30N4O2.HI/c1-25-24(26-14-5-7-17-28-16-6-4-11-23(28)29)27-15-8-18-30-22-13-12-20-9-2-3-10-21(20)19-22;/h2-4,6,9-13,16,19H,5,7-8,14-15,17-18H2,1H3,(H2,25,26,27);1H. The first-order chi connectivity index (χ1) is 14.8. The molecule has 0 aliphatic carbocycles. The van der Waals surface area contributed by atoms with Gasteiger partial charge in [-0.2, -0.15) is 0 Å². The van der Waals surface area contributed by atoms with Crippen molar-refractivity contribution in [2.24, 2.45) is 4.99 Å². The fourth-order valence-corrected chi connectivity index (χ4v) is 3.21. The molecule has 0 aliphatic heterocycles. The number of nitrogens with one attached hydrogen (secondary N) is 2. The first-order valence-electron chi connectivity index (χ1n) is 10.5. The highest BCUT2D eigenvalue weighted by molar-refractivity contribution is 14.0. The van der Waals surface area contributed by atoms with Gasteiger partial charge in [-0.15, -0.1) is 24.0 Å². The molecule has 6 nitrogen and oxygen atoms in total. The summed E-state index contributed by atoms with van der Waals surface area (Å²) < 4.78 is 7.60. The number of fused-ring (bicyclic) bond motifs is 1. The van der Waals surface area contributed by atoms with Crippen molar-refractivity contribution in [3.8, 4) is 5.75 Å². The van der Waals surface area contributed by atoms with Crippen LogP contribution in [0.2, 0.25) is 0 Å². The molecule has 2 N–H and O–H groups in total. The lowest BCUT2D eigenvalue weighted by molar-refractivity contribution is 0.311. The number of unbranched alkanes of at least 4 members (excludes halogenated alkanes) is 1. The molecule has 3 aromatic rings. The predicted octanol–water partition coefficient (Wildman–Crippen LogP) is 4.03. The maximum atomic E-state index is 11.7. The second-order valence-corrected chi connectivity index (χ2v) is 7.08. The van der Waals surface area contributed by atoms with Crippen LogP contribution >= 0.6 is 24.0 Å². The molecule has 0 fully saturated rings. The highest BCUT2D eigenvalue weighted by atomic mass is 127. The van der Waals surface area contributed by atoms with Crippen molar-refractivity contribution in [3.05, 3.63) is 77.2 Å². The minimum atomic E-state index is 0. The van der Waals surface area contributed by atoms with E-state index < -0.39 is 0 Å². The summed E-state index contributed by atoms with van der Waals surface area (Å²) in [7, 11) is 1.77. The Kier molecular flexibility index (Phi) is 10.9. The minimum Gasteiger partial charge on any atom is -0.494 e. The number of aromatic nitrogens is 1. The second kappa shape index (κ2) is 13.7. The number of aliphatic imine (C=N–C) groups is 1. The van der Waals surface area contributed by atoms with Gasteiger partial charge >= 0.3 is 0 Å². The Bertz CT molecular complexity index is 1020. The average Bonchev–Trinajstić information content (AvgIpc) is 2.78. The summed E-state index contributed by atoms with van der Waals surface area (Å²) >= 11 is 0. The molecule has 0 amide bonds. The lowest BCUT2D eigenvalue weighted by Gasteiger charge is -2.12. The number of aryl methyl sites for hydroxylation is 1. The van der Waals surface area contributed by atoms with Gasteiger partial charge in [0.25, 0.3) is 0 Å². The van der Waals surface area contributed by atoms with E-state index in [2.05, 4.69) is 39.9 Å². The van der Waals surface area contributed by atoms with Crippen LogP contribution in [-0.4, -0.2) is 37.3 Å². The number of rotatable bonds is 10. The predicted molar refractivity (Wildman–Crippen MR) is 139 cm³/mol. The molecule has 0 atom stereocenters. The van der Waals surface area contributed by atoms with Gasteiger partial charge in [0.05, 0.1) is 6.61 Å². The smallest absolute Gasteiger partial charge is 0.250 e. The fourth-order valence-electron chi connectivity index (χ4n) is 3.21. The molecular formula is C24H31IN4O2. The number of benzene rings is 2. The summed E-state index contributed by atoms with van der Waals surface area (Å²) in [6, 6.07) is 19.7. The van der Waals surface area contributed by atoms with E-state index in [9.17, 15) is 4.79 Å². The van der Waals surface area contributed by atoms with Gasteiger partial charge in [-0.25, -0.2) is 0 Å². The quantitative estimate of drug-likeness (QED) is 0.179. The van der Waals surface area contributed by atoms with E-state index in [1.807, 2.05) is 30.5 Å². The Balaban J connectivity index is 0.00000341. The van der Waals surface area contributed by atoms with Crippen LogP contribution in [0.3, 0.4) is 0 Å². The number of halogens is 1. The van der Waals surface area contributed by atoms with E-state index in [1.54, 1.807) is 23.7 Å². The first kappa shape index (κ1) is 24.7. The Labute approximate surface area is 200 Å². The average molecular weight is 534 g/mol. The lowest BCUT2D eigenvalue weighted by Crippen LogP contribution is -2.38. The Morgan fingerprint density at radius 2 is 1.68 bits per heavy atom. The Hall–Kier alpha value is -2.55. The number of pyridine rings is 1. The Morgan fingerprint density at radius 1 is 0.935 bits per heavy atom. The molecule has 0 aliphatic rings. The van der Waals surface area contributed by atoms with Gasteiger partial charge in [-0.3, -0.25) is 9.79 Å². The summed E-state index contributed by atoms with van der Waals surface area (Å²) in [4.78, 5) is 15.9. The van der Waals surface area contributed by atoms with E-state index >= 15 is 0 Å². The third-order valence-electron chi connectivity index (χ3n) is 4.84. The molecule has 1 aromatic heterocycles. The zero-order valence-corrected chi connectivity index (χ0v) is 20.3. The molecule has 2 aromatic carbocycles. The lowest BCUT2D eigenvalue weighted by atomic mass is 10.1.